The number of pyridine rings is 2. The molecule has 4 aromatic carbocycles. The summed E-state index contributed by atoms with van der Waals surface area (Å²) in [4.78, 5) is 60.1. The van der Waals surface area contributed by atoms with Gasteiger partial charge >= 0.3 is 17.9 Å². The molecule has 2 aromatic heterocycles. The molecular formula is C46H43N2O8+. The number of carbonyl (C=O) groups is 5. The molecule has 2 aliphatic rings. The molecule has 8 rings (SSSR count). The van der Waals surface area contributed by atoms with Gasteiger partial charge in [0.1, 0.15) is 11.6 Å². The van der Waals surface area contributed by atoms with Crippen molar-refractivity contribution in [2.75, 3.05) is 0 Å². The van der Waals surface area contributed by atoms with Crippen molar-refractivity contribution in [2.45, 2.75) is 58.3 Å². The number of fused-ring (bicyclic) bond motifs is 2. The van der Waals surface area contributed by atoms with Crippen LogP contribution < -0.4 is 9.47 Å². The quantitative estimate of drug-likeness (QED) is 0.0690. The van der Waals surface area contributed by atoms with Gasteiger partial charge in [0.05, 0.1) is 5.39 Å². The molecule has 10 heteroatoms. The van der Waals surface area contributed by atoms with Crippen LogP contribution in [0.25, 0.3) is 21.5 Å². The molecule has 6 aromatic rings. The van der Waals surface area contributed by atoms with Gasteiger partial charge in [0.2, 0.25) is 18.3 Å². The van der Waals surface area contributed by atoms with Crippen LogP contribution >= 0.6 is 0 Å². The van der Waals surface area contributed by atoms with Gasteiger partial charge < -0.3 is 9.47 Å². The summed E-state index contributed by atoms with van der Waals surface area (Å²) >= 11 is 0. The Bertz CT molecular complexity index is 2380. The van der Waals surface area contributed by atoms with E-state index in [2.05, 4.69) is 34.0 Å². The molecule has 0 spiro atoms. The number of nitrogens with zero attached hydrogens (tertiary/aromatic N) is 2. The number of rotatable bonds is 9. The molecule has 0 amide bonds. The van der Waals surface area contributed by atoms with Crippen LogP contribution in [-0.2, 0) is 41.6 Å². The number of esters is 3. The highest BCUT2D eigenvalue weighted by atomic mass is 16.6. The lowest BCUT2D eigenvalue weighted by Gasteiger charge is -2.07. The fourth-order valence-corrected chi connectivity index (χ4v) is 6.97. The van der Waals surface area contributed by atoms with E-state index in [1.807, 2.05) is 84.9 Å². The Morgan fingerprint density at radius 1 is 0.643 bits per heavy atom. The molecule has 2 aliphatic carbocycles. The minimum atomic E-state index is -0.562. The van der Waals surface area contributed by atoms with Gasteiger partial charge in [-0.05, 0) is 75.9 Å². The van der Waals surface area contributed by atoms with E-state index in [4.69, 9.17) is 4.74 Å². The lowest BCUT2D eigenvalue weighted by molar-refractivity contribution is -0.903. The third-order valence-electron chi connectivity index (χ3n) is 9.77. The van der Waals surface area contributed by atoms with Gasteiger partial charge in [-0.2, -0.15) is 0 Å². The molecule has 4 atom stereocenters. The average molecular weight is 752 g/mol. The maximum atomic E-state index is 12.6. The van der Waals surface area contributed by atoms with Gasteiger partial charge in [-0.3, -0.25) is 29.2 Å². The van der Waals surface area contributed by atoms with E-state index >= 15 is 0 Å². The third-order valence-corrected chi connectivity index (χ3v) is 9.77. The van der Waals surface area contributed by atoms with Crippen LogP contribution in [0.15, 0.2) is 128 Å². The average Bonchev–Trinajstić information content (AvgIpc) is 4.11. The van der Waals surface area contributed by atoms with E-state index in [9.17, 15) is 29.2 Å². The maximum Gasteiger partial charge on any atom is 0.310 e. The minimum absolute atomic E-state index is 0.127. The summed E-state index contributed by atoms with van der Waals surface area (Å²) in [5, 5.41) is 13.1. The Hall–Kier alpha value is -6.55. The molecule has 1 N–H and O–H groups in total. The third kappa shape index (κ3) is 10.6. The normalized spacial score (nSPS) is 17.6. The molecule has 0 radical (unpaired) electrons. The highest BCUT2D eigenvalue weighted by Gasteiger charge is 2.44. The summed E-state index contributed by atoms with van der Waals surface area (Å²) in [6.07, 6.45) is 7.69. The molecule has 2 heterocycles. The van der Waals surface area contributed by atoms with Gasteiger partial charge in [-0.1, -0.05) is 84.9 Å². The summed E-state index contributed by atoms with van der Waals surface area (Å²) in [7, 11) is 0. The first-order valence-electron chi connectivity index (χ1n) is 18.5. The predicted molar refractivity (Wildman–Crippen MR) is 209 cm³/mol. The Balaban J connectivity index is 0.000000164. The van der Waals surface area contributed by atoms with Gasteiger partial charge in [-0.25, -0.2) is 4.98 Å². The largest absolute Gasteiger partial charge is 0.407 e. The minimum Gasteiger partial charge on any atom is -0.407 e. The van der Waals surface area contributed by atoms with Crippen LogP contribution in [0.4, 0.5) is 0 Å². The van der Waals surface area contributed by atoms with E-state index in [1.165, 1.54) is 31.9 Å². The van der Waals surface area contributed by atoms with Crippen molar-refractivity contribution in [1.29, 1.82) is 0 Å². The van der Waals surface area contributed by atoms with E-state index in [0.717, 1.165) is 50.2 Å². The lowest BCUT2D eigenvalue weighted by atomic mass is 10.0. The summed E-state index contributed by atoms with van der Waals surface area (Å²) < 4.78 is 10.2. The van der Waals surface area contributed by atoms with Crippen molar-refractivity contribution in [2.24, 2.45) is 11.8 Å². The Labute approximate surface area is 324 Å². The highest BCUT2D eigenvalue weighted by molar-refractivity contribution is 5.92. The summed E-state index contributed by atoms with van der Waals surface area (Å²) in [5.74, 6) is 0.454. The maximum absolute atomic E-state index is 12.6. The van der Waals surface area contributed by atoms with E-state index in [-0.39, 0.29) is 17.6 Å². The number of aromatic nitrogens is 2. The predicted octanol–water partition coefficient (Wildman–Crippen LogP) is 7.45. The monoisotopic (exact) mass is 751 g/mol. The Kier molecular flexibility index (Phi) is 12.4. The first kappa shape index (κ1) is 39.2. The van der Waals surface area contributed by atoms with Crippen LogP contribution in [0.2, 0.25) is 0 Å². The molecule has 2 saturated carbocycles. The number of Topliss-reactive ketones (excluding diaryl/α,β-unsaturated/α-hetero) is 2. The number of ketones is 2. The molecule has 0 saturated heterocycles. The zero-order chi connectivity index (χ0) is 39.8. The first-order chi connectivity index (χ1) is 26.9. The molecule has 0 aliphatic heterocycles. The van der Waals surface area contributed by atoms with Crippen LogP contribution in [-0.4, -0.2) is 39.7 Å². The van der Waals surface area contributed by atoms with Crippen LogP contribution in [0, 0.1) is 11.8 Å². The Morgan fingerprint density at radius 3 is 1.70 bits per heavy atom. The molecule has 0 unspecified atom stereocenters. The van der Waals surface area contributed by atoms with Crippen molar-refractivity contribution in [3.05, 3.63) is 150 Å². The van der Waals surface area contributed by atoms with Crippen molar-refractivity contribution < 1.29 is 43.4 Å². The summed E-state index contributed by atoms with van der Waals surface area (Å²) in [6, 6.07) is 35.9. The Morgan fingerprint density at radius 2 is 1.18 bits per heavy atom. The van der Waals surface area contributed by atoms with Gasteiger partial charge in [0.15, 0.2) is 0 Å². The zero-order valence-corrected chi connectivity index (χ0v) is 31.5. The van der Waals surface area contributed by atoms with Crippen LogP contribution in [0.3, 0.4) is 0 Å². The number of ether oxygens (including phenoxy) is 2. The fourth-order valence-electron chi connectivity index (χ4n) is 6.97. The second-order valence-corrected chi connectivity index (χ2v) is 14.1. The van der Waals surface area contributed by atoms with Crippen molar-refractivity contribution in [3.8, 4) is 5.88 Å². The van der Waals surface area contributed by atoms with Gasteiger partial charge in [0.25, 0.3) is 0 Å². The van der Waals surface area contributed by atoms with E-state index in [1.54, 1.807) is 18.6 Å². The van der Waals surface area contributed by atoms with Crippen molar-refractivity contribution >= 4 is 51.0 Å². The van der Waals surface area contributed by atoms with E-state index in [0.29, 0.717) is 36.3 Å². The SMILES string of the molecule is CC(=O)OC(C)=O.CC(=O)Oc1nccc2cc(CC(=O)[C@@H]3C[C@H]3c3ccccc3)ccc12.O=C(Cc1ccc2c[n+](O)ccc2c1)[C@@H]1C[C@H]1c1ccccc1. The van der Waals surface area contributed by atoms with Gasteiger partial charge in [0, 0.05) is 67.8 Å². The number of hydrogen-bond acceptors (Lipinski definition) is 9. The van der Waals surface area contributed by atoms with Crippen LogP contribution in [0.5, 0.6) is 5.88 Å². The first-order valence-corrected chi connectivity index (χ1v) is 18.5. The molecular weight excluding hydrogens is 709 g/mol. The summed E-state index contributed by atoms with van der Waals surface area (Å²) in [5.41, 5.74) is 4.54. The van der Waals surface area contributed by atoms with Gasteiger partial charge in [-0.15, -0.1) is 0 Å². The standard InChI is InChI=1S/C22H19NO3.C20H18NO2.C4H6O3/c1-14(24)26-22-18-8-7-15(11-17(18)9-10-23-22)12-21(25)20-13-19(20)16-5-3-2-4-6-16;22-20(19-12-18(19)15-4-2-1-3-5-15)11-14-6-7-17-13-21(23)9-8-16(17)10-14;1-3(5)7-4(2)6/h2-11,19-20H,12-13H2,1H3;1-10,13,18-19,23H,11-12H2;1-2H3/q;+1;/t19-,20+;18-,19+;/m00./s1. The molecule has 56 heavy (non-hydrogen) atoms. The second kappa shape index (κ2) is 17.7. The lowest BCUT2D eigenvalue weighted by Crippen LogP contribution is -2.27. The number of carbonyl (C=O) groups excluding carboxylic acids is 5. The zero-order valence-electron chi connectivity index (χ0n) is 31.5. The smallest absolute Gasteiger partial charge is 0.310 e. The van der Waals surface area contributed by atoms with Crippen LogP contribution in [0.1, 0.15) is 67.7 Å². The molecule has 284 valence electrons. The topological polar surface area (TPSA) is 141 Å². The van der Waals surface area contributed by atoms with Crippen molar-refractivity contribution in [1.82, 2.24) is 4.98 Å². The highest BCUT2D eigenvalue weighted by Crippen LogP contribution is 2.49. The molecule has 2 fully saturated rings. The molecule has 10 nitrogen and oxygen atoms in total. The fraction of sp³-hybridized carbons (Fsp3) is 0.239. The summed E-state index contributed by atoms with van der Waals surface area (Å²) in [6.45, 7) is 3.72. The van der Waals surface area contributed by atoms with E-state index < -0.39 is 17.9 Å². The number of benzene rings is 4. The molecule has 0 bridgehead atoms. The second-order valence-electron chi connectivity index (χ2n) is 14.1. The number of hydrogen-bond donors (Lipinski definition) is 1. The van der Waals surface area contributed by atoms with Crippen molar-refractivity contribution in [3.63, 3.8) is 0 Å².